The minimum Gasteiger partial charge on any atom is -0.398 e. The summed E-state index contributed by atoms with van der Waals surface area (Å²) >= 11 is 6.00. The summed E-state index contributed by atoms with van der Waals surface area (Å²) in [6, 6.07) is 5.80. The Balaban J connectivity index is 1.60. The van der Waals surface area contributed by atoms with Gasteiger partial charge in [-0.05, 0) is 30.5 Å². The number of anilines is 3. The molecule has 1 aliphatic carbocycles. The third-order valence-corrected chi connectivity index (χ3v) is 5.45. The van der Waals surface area contributed by atoms with Crippen LogP contribution in [0.25, 0.3) is 11.2 Å². The molecule has 2 atom stereocenters. The molecule has 0 radical (unpaired) electrons. The van der Waals surface area contributed by atoms with E-state index in [1.54, 1.807) is 10.7 Å². The number of nitrogens with one attached hydrogen (secondary N) is 2. The predicted molar refractivity (Wildman–Crippen MR) is 111 cm³/mol. The normalized spacial score (nSPS) is 19.7. The SMILES string of the molecule is Cn1nnc2c(NCc3ccc(Cl)c(N)c3)nc(NC3CCCCC3N)nc21. The Labute approximate surface area is 167 Å². The molecule has 10 heteroatoms. The van der Waals surface area contributed by atoms with E-state index in [9.17, 15) is 0 Å². The largest absolute Gasteiger partial charge is 0.398 e. The summed E-state index contributed by atoms with van der Waals surface area (Å²) in [7, 11) is 1.81. The molecule has 2 aromatic heterocycles. The fraction of sp³-hybridized carbons (Fsp3) is 0.444. The molecule has 0 saturated heterocycles. The van der Waals surface area contributed by atoms with Crippen LogP contribution in [0.4, 0.5) is 17.5 Å². The van der Waals surface area contributed by atoms with Crippen LogP contribution in [0.3, 0.4) is 0 Å². The lowest BCUT2D eigenvalue weighted by Crippen LogP contribution is -2.43. The molecule has 148 valence electrons. The number of nitrogens with zero attached hydrogens (tertiary/aromatic N) is 5. The smallest absolute Gasteiger partial charge is 0.227 e. The van der Waals surface area contributed by atoms with Crippen molar-refractivity contribution in [1.29, 1.82) is 0 Å². The molecule has 9 nitrogen and oxygen atoms in total. The van der Waals surface area contributed by atoms with Crippen LogP contribution >= 0.6 is 11.6 Å². The summed E-state index contributed by atoms with van der Waals surface area (Å²) in [4.78, 5) is 9.22. The van der Waals surface area contributed by atoms with Gasteiger partial charge in [0.2, 0.25) is 5.95 Å². The molecule has 3 aromatic rings. The molecule has 1 saturated carbocycles. The average molecular weight is 402 g/mol. The highest BCUT2D eigenvalue weighted by atomic mass is 35.5. The minimum atomic E-state index is 0.103. The molecule has 0 bridgehead atoms. The van der Waals surface area contributed by atoms with Gasteiger partial charge in [-0.25, -0.2) is 4.68 Å². The van der Waals surface area contributed by atoms with Crippen molar-refractivity contribution in [3.63, 3.8) is 0 Å². The van der Waals surface area contributed by atoms with Crippen molar-refractivity contribution in [2.24, 2.45) is 12.8 Å². The van der Waals surface area contributed by atoms with Gasteiger partial charge in [-0.15, -0.1) is 5.10 Å². The van der Waals surface area contributed by atoms with Gasteiger partial charge in [0.25, 0.3) is 0 Å². The van der Waals surface area contributed by atoms with Gasteiger partial charge in [-0.1, -0.05) is 35.7 Å². The Morgan fingerprint density at radius 2 is 2.07 bits per heavy atom. The summed E-state index contributed by atoms with van der Waals surface area (Å²) < 4.78 is 1.63. The number of nitrogen functional groups attached to an aromatic ring is 1. The van der Waals surface area contributed by atoms with Gasteiger partial charge in [0.05, 0.1) is 10.7 Å². The van der Waals surface area contributed by atoms with Gasteiger partial charge in [-0.2, -0.15) is 9.97 Å². The topological polar surface area (TPSA) is 133 Å². The number of hydrogen-bond acceptors (Lipinski definition) is 8. The molecule has 0 spiro atoms. The van der Waals surface area contributed by atoms with E-state index < -0.39 is 0 Å². The van der Waals surface area contributed by atoms with Crippen LogP contribution in [-0.2, 0) is 13.6 Å². The third kappa shape index (κ3) is 3.81. The maximum absolute atomic E-state index is 6.26. The van der Waals surface area contributed by atoms with E-state index >= 15 is 0 Å². The van der Waals surface area contributed by atoms with Crippen molar-refractivity contribution < 1.29 is 0 Å². The highest BCUT2D eigenvalue weighted by Crippen LogP contribution is 2.24. The monoisotopic (exact) mass is 401 g/mol. The molecule has 2 heterocycles. The number of benzene rings is 1. The summed E-state index contributed by atoms with van der Waals surface area (Å²) in [6.45, 7) is 0.520. The minimum absolute atomic E-state index is 0.103. The van der Waals surface area contributed by atoms with E-state index in [0.717, 1.165) is 24.8 Å². The molecule has 2 unspecified atom stereocenters. The van der Waals surface area contributed by atoms with Crippen molar-refractivity contribution in [3.8, 4) is 0 Å². The number of fused-ring (bicyclic) bond motifs is 1. The molecule has 6 N–H and O–H groups in total. The lowest BCUT2D eigenvalue weighted by atomic mass is 9.91. The molecule has 1 aromatic carbocycles. The third-order valence-electron chi connectivity index (χ3n) is 5.11. The Kier molecular flexibility index (Phi) is 5.19. The molecule has 0 aliphatic heterocycles. The van der Waals surface area contributed by atoms with E-state index in [1.807, 2.05) is 19.2 Å². The number of halogens is 1. The van der Waals surface area contributed by atoms with Gasteiger partial charge in [0.1, 0.15) is 0 Å². The fourth-order valence-corrected chi connectivity index (χ4v) is 3.61. The first-order chi connectivity index (χ1) is 13.5. The van der Waals surface area contributed by atoms with Crippen LogP contribution in [0.1, 0.15) is 31.2 Å². The quantitative estimate of drug-likeness (QED) is 0.478. The number of aromatic nitrogens is 5. The first kappa shape index (κ1) is 18.7. The molecule has 1 aliphatic rings. The van der Waals surface area contributed by atoms with Crippen LogP contribution in [0.15, 0.2) is 18.2 Å². The van der Waals surface area contributed by atoms with Gasteiger partial charge >= 0.3 is 0 Å². The van der Waals surface area contributed by atoms with Crippen LogP contribution in [-0.4, -0.2) is 37.0 Å². The van der Waals surface area contributed by atoms with E-state index in [1.165, 1.54) is 6.42 Å². The molecule has 4 rings (SSSR count). The van der Waals surface area contributed by atoms with Crippen molar-refractivity contribution in [1.82, 2.24) is 25.0 Å². The lowest BCUT2D eigenvalue weighted by molar-refractivity contribution is 0.402. The highest BCUT2D eigenvalue weighted by molar-refractivity contribution is 6.33. The summed E-state index contributed by atoms with van der Waals surface area (Å²) in [5.41, 5.74) is 15.0. The van der Waals surface area contributed by atoms with E-state index in [4.69, 9.17) is 23.1 Å². The van der Waals surface area contributed by atoms with Gasteiger partial charge in [0.15, 0.2) is 17.0 Å². The van der Waals surface area contributed by atoms with Gasteiger partial charge < -0.3 is 22.1 Å². The van der Waals surface area contributed by atoms with Crippen LogP contribution < -0.4 is 22.1 Å². The maximum atomic E-state index is 6.26. The Morgan fingerprint density at radius 1 is 1.25 bits per heavy atom. The lowest BCUT2D eigenvalue weighted by Gasteiger charge is -2.29. The molecular weight excluding hydrogens is 378 g/mol. The molecule has 1 fully saturated rings. The first-order valence-electron chi connectivity index (χ1n) is 9.38. The van der Waals surface area contributed by atoms with Gasteiger partial charge in [-0.3, -0.25) is 0 Å². The van der Waals surface area contributed by atoms with E-state index in [2.05, 4.69) is 30.9 Å². The average Bonchev–Trinajstić information content (AvgIpc) is 3.05. The van der Waals surface area contributed by atoms with Crippen molar-refractivity contribution in [2.75, 3.05) is 16.4 Å². The second kappa shape index (κ2) is 7.76. The fourth-order valence-electron chi connectivity index (χ4n) is 3.50. The van der Waals surface area contributed by atoms with Crippen LogP contribution in [0.5, 0.6) is 0 Å². The maximum Gasteiger partial charge on any atom is 0.227 e. The Bertz CT molecular complexity index is 987. The number of nitrogens with two attached hydrogens (primary N) is 2. The number of hydrogen-bond donors (Lipinski definition) is 4. The molecular formula is C18H24ClN9. The zero-order valence-electron chi connectivity index (χ0n) is 15.7. The standard InChI is InChI=1S/C18H24ClN9/c1-28-17-15(26-27-28)16(22-9-10-6-7-11(19)13(21)8-10)24-18(25-17)23-14-5-3-2-4-12(14)20/h6-8,12,14H,2-5,9,20-21H2,1H3,(H2,22,23,24,25). The van der Waals surface area contributed by atoms with Crippen LogP contribution in [0, 0.1) is 0 Å². The van der Waals surface area contributed by atoms with Crippen molar-refractivity contribution in [3.05, 3.63) is 28.8 Å². The second-order valence-electron chi connectivity index (χ2n) is 7.19. The zero-order valence-corrected chi connectivity index (χ0v) is 16.4. The number of aryl methyl sites for hydroxylation is 1. The summed E-state index contributed by atoms with van der Waals surface area (Å²) in [6.07, 6.45) is 4.35. The Hall–Kier alpha value is -2.65. The van der Waals surface area contributed by atoms with Crippen molar-refractivity contribution >= 4 is 40.2 Å². The summed E-state index contributed by atoms with van der Waals surface area (Å²) in [5.74, 6) is 1.14. The zero-order chi connectivity index (χ0) is 19.7. The predicted octanol–water partition coefficient (Wildman–Crippen LogP) is 2.29. The Morgan fingerprint density at radius 3 is 2.86 bits per heavy atom. The number of rotatable bonds is 5. The van der Waals surface area contributed by atoms with E-state index in [-0.39, 0.29) is 12.1 Å². The van der Waals surface area contributed by atoms with Crippen LogP contribution in [0.2, 0.25) is 5.02 Å². The second-order valence-corrected chi connectivity index (χ2v) is 7.60. The summed E-state index contributed by atoms with van der Waals surface area (Å²) in [5, 5.41) is 15.5. The first-order valence-corrected chi connectivity index (χ1v) is 9.76. The van der Waals surface area contributed by atoms with Crippen molar-refractivity contribution in [2.45, 2.75) is 44.3 Å². The molecule has 0 amide bonds. The highest BCUT2D eigenvalue weighted by Gasteiger charge is 2.23. The van der Waals surface area contributed by atoms with Gasteiger partial charge in [0, 0.05) is 25.7 Å². The molecule has 28 heavy (non-hydrogen) atoms. The van der Waals surface area contributed by atoms with E-state index in [0.29, 0.717) is 40.2 Å².